The smallest absolute Gasteiger partial charge is 0.246 e. The summed E-state index contributed by atoms with van der Waals surface area (Å²) in [5.74, 6) is -0.0946. The molecule has 1 N–H and O–H groups in total. The second-order valence-corrected chi connectivity index (χ2v) is 9.70. The van der Waals surface area contributed by atoms with E-state index < -0.39 is 0 Å². The van der Waals surface area contributed by atoms with Crippen molar-refractivity contribution in [1.82, 2.24) is 5.32 Å². The molecule has 0 aromatic rings. The van der Waals surface area contributed by atoms with Gasteiger partial charge in [0.25, 0.3) is 0 Å². The molecule has 0 aliphatic heterocycles. The van der Waals surface area contributed by atoms with Crippen LogP contribution in [0.5, 0.6) is 0 Å². The molecule has 35 heavy (non-hydrogen) atoms. The summed E-state index contributed by atoms with van der Waals surface area (Å²) in [5.41, 5.74) is 0. The van der Waals surface area contributed by atoms with Gasteiger partial charge in [-0.3, -0.25) is 4.79 Å². The van der Waals surface area contributed by atoms with Crippen LogP contribution in [-0.4, -0.2) is 65.3 Å². The Balaban J connectivity index is 3.98. The summed E-state index contributed by atoms with van der Waals surface area (Å²) in [5, 5.41) is 2.92. The number of hydrogen-bond acceptors (Lipinski definition) is 5. The van der Waals surface area contributed by atoms with E-state index in [1.807, 2.05) is 0 Å². The molecule has 0 radical (unpaired) electrons. The van der Waals surface area contributed by atoms with Crippen LogP contribution < -0.4 is 5.32 Å². The highest BCUT2D eigenvalue weighted by Crippen LogP contribution is 2.11. The second kappa shape index (κ2) is 29.5. The van der Waals surface area contributed by atoms with Gasteiger partial charge in [0.05, 0.1) is 25.9 Å². The lowest BCUT2D eigenvalue weighted by molar-refractivity contribution is -0.126. The van der Waals surface area contributed by atoms with Gasteiger partial charge < -0.3 is 24.3 Å². The average molecular weight is 502 g/mol. The van der Waals surface area contributed by atoms with Gasteiger partial charge in [0.2, 0.25) is 5.91 Å². The quantitative estimate of drug-likeness (QED) is 0.114. The summed E-state index contributed by atoms with van der Waals surface area (Å²) in [4.78, 5) is 11.9. The Bertz CT molecular complexity index is 422. The summed E-state index contributed by atoms with van der Waals surface area (Å²) in [7, 11) is 1.62. The molecule has 0 fully saturated rings. The van der Waals surface area contributed by atoms with E-state index in [9.17, 15) is 4.79 Å². The fourth-order valence-electron chi connectivity index (χ4n) is 3.98. The van der Waals surface area contributed by atoms with Crippen molar-refractivity contribution >= 4 is 5.91 Å². The number of amides is 1. The molecule has 0 saturated heterocycles. The molecule has 1 atom stereocenters. The standard InChI is InChI=1S/C29H59NO5/c1-4-6-8-10-12-14-16-18-22-33-26-28(20-21-30-29(31)27-34-25-24-32-3)35-23-19-17-15-13-11-9-7-5-2/h28H,4-27H2,1-3H3,(H,30,31). The predicted molar refractivity (Wildman–Crippen MR) is 146 cm³/mol. The van der Waals surface area contributed by atoms with Gasteiger partial charge in [0, 0.05) is 26.9 Å². The number of nitrogens with one attached hydrogen (secondary N) is 1. The Morgan fingerprint density at radius 1 is 0.657 bits per heavy atom. The van der Waals surface area contributed by atoms with E-state index in [0.717, 1.165) is 32.5 Å². The molecule has 0 spiro atoms. The van der Waals surface area contributed by atoms with Crippen LogP contribution in [0.3, 0.4) is 0 Å². The number of unbranched alkanes of at least 4 members (excludes halogenated alkanes) is 14. The predicted octanol–water partition coefficient (Wildman–Crippen LogP) is 6.84. The Kier molecular flexibility index (Phi) is 29.0. The van der Waals surface area contributed by atoms with E-state index >= 15 is 0 Å². The topological polar surface area (TPSA) is 66.0 Å². The lowest BCUT2D eigenvalue weighted by atomic mass is 10.1. The lowest BCUT2D eigenvalue weighted by Crippen LogP contribution is -2.32. The molecule has 210 valence electrons. The van der Waals surface area contributed by atoms with Crippen LogP contribution >= 0.6 is 0 Å². The molecular formula is C29H59NO5. The van der Waals surface area contributed by atoms with Crippen LogP contribution in [0.2, 0.25) is 0 Å². The first kappa shape index (κ1) is 34.3. The highest BCUT2D eigenvalue weighted by molar-refractivity contribution is 5.77. The highest BCUT2D eigenvalue weighted by atomic mass is 16.5. The van der Waals surface area contributed by atoms with Crippen molar-refractivity contribution in [2.24, 2.45) is 0 Å². The number of hydrogen-bond donors (Lipinski definition) is 1. The van der Waals surface area contributed by atoms with Gasteiger partial charge in [-0.25, -0.2) is 0 Å². The molecule has 0 aliphatic rings. The summed E-state index contributed by atoms with van der Waals surface area (Å²) in [6.07, 6.45) is 21.6. The minimum atomic E-state index is -0.0946. The van der Waals surface area contributed by atoms with Crippen molar-refractivity contribution in [2.75, 3.05) is 53.3 Å². The van der Waals surface area contributed by atoms with Gasteiger partial charge in [-0.15, -0.1) is 0 Å². The molecule has 0 aliphatic carbocycles. The molecule has 0 saturated carbocycles. The number of rotatable bonds is 29. The molecule has 0 bridgehead atoms. The van der Waals surface area contributed by atoms with Gasteiger partial charge >= 0.3 is 0 Å². The van der Waals surface area contributed by atoms with Gasteiger partial charge in [0.15, 0.2) is 0 Å². The number of ether oxygens (including phenoxy) is 4. The highest BCUT2D eigenvalue weighted by Gasteiger charge is 2.11. The minimum absolute atomic E-state index is 0.0308. The number of methoxy groups -OCH3 is 1. The second-order valence-electron chi connectivity index (χ2n) is 9.70. The molecule has 1 unspecified atom stereocenters. The third kappa shape index (κ3) is 27.7. The SMILES string of the molecule is CCCCCCCCCCOCC(CCNC(=O)COCCOC)OCCCCCCCCCC. The molecule has 0 rings (SSSR count). The van der Waals surface area contributed by atoms with E-state index in [1.165, 1.54) is 89.9 Å². The lowest BCUT2D eigenvalue weighted by Gasteiger charge is -2.19. The normalized spacial score (nSPS) is 12.2. The molecule has 0 aromatic carbocycles. The Morgan fingerprint density at radius 3 is 1.77 bits per heavy atom. The maximum atomic E-state index is 11.9. The van der Waals surface area contributed by atoms with Crippen molar-refractivity contribution in [3.8, 4) is 0 Å². The largest absolute Gasteiger partial charge is 0.382 e. The van der Waals surface area contributed by atoms with Crippen molar-refractivity contribution in [3.63, 3.8) is 0 Å². The van der Waals surface area contributed by atoms with Crippen LogP contribution in [0.1, 0.15) is 123 Å². The van der Waals surface area contributed by atoms with Crippen LogP contribution in [0.4, 0.5) is 0 Å². The van der Waals surface area contributed by atoms with E-state index in [0.29, 0.717) is 26.4 Å². The molecular weight excluding hydrogens is 442 g/mol. The Hall–Kier alpha value is -0.690. The molecule has 6 heteroatoms. The van der Waals surface area contributed by atoms with Gasteiger partial charge in [0.1, 0.15) is 6.61 Å². The first-order valence-electron chi connectivity index (χ1n) is 14.8. The zero-order chi connectivity index (χ0) is 25.7. The maximum Gasteiger partial charge on any atom is 0.246 e. The van der Waals surface area contributed by atoms with Gasteiger partial charge in [-0.1, -0.05) is 104 Å². The zero-order valence-electron chi connectivity index (χ0n) is 23.6. The van der Waals surface area contributed by atoms with Gasteiger partial charge in [-0.2, -0.15) is 0 Å². The van der Waals surface area contributed by atoms with Crippen molar-refractivity contribution in [2.45, 2.75) is 129 Å². The number of carbonyl (C=O) groups is 1. The molecule has 0 aromatic heterocycles. The van der Waals surface area contributed by atoms with E-state index in [2.05, 4.69) is 19.2 Å². The van der Waals surface area contributed by atoms with E-state index in [4.69, 9.17) is 18.9 Å². The van der Waals surface area contributed by atoms with Crippen molar-refractivity contribution < 1.29 is 23.7 Å². The maximum absolute atomic E-state index is 11.9. The van der Waals surface area contributed by atoms with Gasteiger partial charge in [-0.05, 0) is 19.3 Å². The summed E-state index contributed by atoms with van der Waals surface area (Å²) in [6.45, 7) is 8.28. The molecule has 0 heterocycles. The minimum Gasteiger partial charge on any atom is -0.382 e. The van der Waals surface area contributed by atoms with Crippen LogP contribution in [-0.2, 0) is 23.7 Å². The Labute approximate surface area is 217 Å². The fourth-order valence-corrected chi connectivity index (χ4v) is 3.98. The monoisotopic (exact) mass is 501 g/mol. The van der Waals surface area contributed by atoms with Crippen molar-refractivity contribution in [3.05, 3.63) is 0 Å². The third-order valence-electron chi connectivity index (χ3n) is 6.25. The first-order chi connectivity index (χ1) is 17.2. The molecule has 1 amide bonds. The first-order valence-corrected chi connectivity index (χ1v) is 14.8. The van der Waals surface area contributed by atoms with Crippen LogP contribution in [0.15, 0.2) is 0 Å². The Morgan fingerprint density at radius 2 is 1.20 bits per heavy atom. The average Bonchev–Trinajstić information content (AvgIpc) is 2.86. The van der Waals surface area contributed by atoms with Crippen LogP contribution in [0, 0.1) is 0 Å². The zero-order valence-corrected chi connectivity index (χ0v) is 23.6. The number of carbonyl (C=O) groups excluding carboxylic acids is 1. The third-order valence-corrected chi connectivity index (χ3v) is 6.25. The van der Waals surface area contributed by atoms with E-state index in [-0.39, 0.29) is 18.6 Å². The van der Waals surface area contributed by atoms with E-state index in [1.54, 1.807) is 7.11 Å². The van der Waals surface area contributed by atoms with Crippen molar-refractivity contribution in [1.29, 1.82) is 0 Å². The summed E-state index contributed by atoms with van der Waals surface area (Å²) >= 11 is 0. The summed E-state index contributed by atoms with van der Waals surface area (Å²) < 4.78 is 22.3. The van der Waals surface area contributed by atoms with Crippen LogP contribution in [0.25, 0.3) is 0 Å². The fraction of sp³-hybridized carbons (Fsp3) is 0.966. The molecule has 6 nitrogen and oxygen atoms in total. The summed E-state index contributed by atoms with van der Waals surface area (Å²) in [6, 6.07) is 0.